The van der Waals surface area contributed by atoms with Gasteiger partial charge in [0.25, 0.3) is 0 Å². The van der Waals surface area contributed by atoms with Gasteiger partial charge in [-0.3, -0.25) is 5.10 Å². The molecule has 2 aromatic rings. The normalized spacial score (nSPS) is 21.3. The Balaban J connectivity index is 1.59. The van der Waals surface area contributed by atoms with Crippen LogP contribution in [-0.4, -0.2) is 42.0 Å². The quantitative estimate of drug-likeness (QED) is 0.799. The van der Waals surface area contributed by atoms with E-state index in [-0.39, 0.29) is 24.1 Å². The van der Waals surface area contributed by atoms with E-state index in [0.717, 1.165) is 18.7 Å². The molecule has 1 aliphatic rings. The van der Waals surface area contributed by atoms with Crippen LogP contribution in [0.3, 0.4) is 0 Å². The van der Waals surface area contributed by atoms with Crippen LogP contribution in [0.25, 0.3) is 0 Å². The van der Waals surface area contributed by atoms with Crippen LogP contribution in [-0.2, 0) is 4.74 Å². The smallest absolute Gasteiger partial charge is 0.163 e. The van der Waals surface area contributed by atoms with Crippen LogP contribution >= 0.6 is 0 Å². The van der Waals surface area contributed by atoms with Gasteiger partial charge in [-0.05, 0) is 25.8 Å². The first-order chi connectivity index (χ1) is 12.1. The molecule has 1 aromatic heterocycles. The molecule has 1 aromatic carbocycles. The van der Waals surface area contributed by atoms with E-state index < -0.39 is 0 Å². The van der Waals surface area contributed by atoms with Gasteiger partial charge in [0.15, 0.2) is 17.3 Å². The van der Waals surface area contributed by atoms with Crippen molar-refractivity contribution in [2.24, 2.45) is 0 Å². The molecule has 2 heterocycles. The fraction of sp³-hybridized carbons (Fsp3) is 0.529. The van der Waals surface area contributed by atoms with E-state index in [9.17, 15) is 4.39 Å². The van der Waals surface area contributed by atoms with Crippen molar-refractivity contribution < 1.29 is 18.6 Å². The third-order valence-electron chi connectivity index (χ3n) is 4.47. The molecule has 3 atom stereocenters. The van der Waals surface area contributed by atoms with Crippen LogP contribution in [0.5, 0.6) is 11.5 Å². The van der Waals surface area contributed by atoms with Crippen LogP contribution in [0.1, 0.15) is 43.3 Å². The lowest BCUT2D eigenvalue weighted by atomic mass is 10.1. The van der Waals surface area contributed by atoms with Crippen molar-refractivity contribution >= 4 is 0 Å². The number of benzene rings is 1. The van der Waals surface area contributed by atoms with Gasteiger partial charge in [0.05, 0.1) is 20.3 Å². The molecule has 2 N–H and O–H groups in total. The molecule has 7 nitrogen and oxygen atoms in total. The van der Waals surface area contributed by atoms with Crippen molar-refractivity contribution in [2.45, 2.75) is 38.0 Å². The van der Waals surface area contributed by atoms with Crippen LogP contribution in [0.4, 0.5) is 4.39 Å². The average Bonchev–Trinajstić information content (AvgIpc) is 3.30. The Morgan fingerprint density at radius 3 is 2.76 bits per heavy atom. The zero-order chi connectivity index (χ0) is 17.8. The van der Waals surface area contributed by atoms with Gasteiger partial charge in [-0.25, -0.2) is 9.37 Å². The number of nitrogens with zero attached hydrogens (tertiary/aromatic N) is 2. The van der Waals surface area contributed by atoms with Gasteiger partial charge in [-0.1, -0.05) is 0 Å². The van der Waals surface area contributed by atoms with E-state index in [1.54, 1.807) is 6.07 Å². The van der Waals surface area contributed by atoms with Crippen LogP contribution in [0.15, 0.2) is 18.5 Å². The molecule has 0 aliphatic carbocycles. The highest BCUT2D eigenvalue weighted by atomic mass is 19.1. The fourth-order valence-corrected chi connectivity index (χ4v) is 3.05. The maximum absolute atomic E-state index is 14.3. The highest BCUT2D eigenvalue weighted by Crippen LogP contribution is 2.33. The van der Waals surface area contributed by atoms with Gasteiger partial charge in [0.2, 0.25) is 0 Å². The molecule has 1 fully saturated rings. The number of ether oxygens (including phenoxy) is 3. The Labute approximate surface area is 145 Å². The third-order valence-corrected chi connectivity index (χ3v) is 4.47. The van der Waals surface area contributed by atoms with Gasteiger partial charge < -0.3 is 19.5 Å². The van der Waals surface area contributed by atoms with Crippen molar-refractivity contribution in [2.75, 3.05) is 20.8 Å². The third kappa shape index (κ3) is 3.91. The fourth-order valence-electron chi connectivity index (χ4n) is 3.05. The Hall–Kier alpha value is -2.19. The molecule has 0 radical (unpaired) electrons. The van der Waals surface area contributed by atoms with Gasteiger partial charge >= 0.3 is 0 Å². The topological polar surface area (TPSA) is 81.3 Å². The number of halogens is 1. The predicted octanol–water partition coefficient (Wildman–Crippen LogP) is 2.53. The molecule has 0 bridgehead atoms. The molecule has 136 valence electrons. The molecule has 0 amide bonds. The van der Waals surface area contributed by atoms with Crippen molar-refractivity contribution in [1.82, 2.24) is 20.5 Å². The molecule has 1 aliphatic heterocycles. The van der Waals surface area contributed by atoms with Gasteiger partial charge in [0, 0.05) is 24.2 Å². The molecular weight excluding hydrogens is 327 g/mol. The summed E-state index contributed by atoms with van der Waals surface area (Å²) in [5.41, 5.74) is 0.530. The first kappa shape index (κ1) is 17.6. The maximum Gasteiger partial charge on any atom is 0.163 e. The number of hydrogen-bond donors (Lipinski definition) is 2. The lowest BCUT2D eigenvalue weighted by Crippen LogP contribution is -2.29. The average molecular weight is 350 g/mol. The summed E-state index contributed by atoms with van der Waals surface area (Å²) in [5.74, 6) is 1.31. The summed E-state index contributed by atoms with van der Waals surface area (Å²) in [7, 11) is 3.02. The Morgan fingerprint density at radius 2 is 2.08 bits per heavy atom. The second kappa shape index (κ2) is 7.79. The monoisotopic (exact) mass is 350 g/mol. The molecule has 0 spiro atoms. The summed E-state index contributed by atoms with van der Waals surface area (Å²) < 4.78 is 30.7. The SMILES string of the molecule is COc1cc(F)c(C(C)NC[C@H]2CC[C@@H](c3ncn[nH]3)O2)cc1OC. The first-order valence-electron chi connectivity index (χ1n) is 8.28. The number of aromatic nitrogens is 3. The van der Waals surface area contributed by atoms with E-state index in [0.29, 0.717) is 23.6 Å². The summed E-state index contributed by atoms with van der Waals surface area (Å²) in [4.78, 5) is 4.14. The predicted molar refractivity (Wildman–Crippen MR) is 89.2 cm³/mol. The van der Waals surface area contributed by atoms with Gasteiger partial charge in [-0.2, -0.15) is 5.10 Å². The largest absolute Gasteiger partial charge is 0.493 e. The lowest BCUT2D eigenvalue weighted by Gasteiger charge is -2.20. The van der Waals surface area contributed by atoms with Gasteiger partial charge in [0.1, 0.15) is 18.2 Å². The summed E-state index contributed by atoms with van der Waals surface area (Å²) in [6, 6.07) is 2.82. The minimum absolute atomic E-state index is 0.0533. The minimum atomic E-state index is -0.329. The van der Waals surface area contributed by atoms with E-state index >= 15 is 0 Å². The van der Waals surface area contributed by atoms with E-state index in [4.69, 9.17) is 14.2 Å². The second-order valence-corrected chi connectivity index (χ2v) is 6.05. The number of H-pyrrole nitrogens is 1. The highest BCUT2D eigenvalue weighted by molar-refractivity contribution is 5.44. The van der Waals surface area contributed by atoms with Crippen molar-refractivity contribution in [1.29, 1.82) is 0 Å². The van der Waals surface area contributed by atoms with Gasteiger partial charge in [-0.15, -0.1) is 0 Å². The van der Waals surface area contributed by atoms with Crippen LogP contribution in [0, 0.1) is 5.82 Å². The van der Waals surface area contributed by atoms with E-state index in [1.165, 1.54) is 26.6 Å². The first-order valence-corrected chi connectivity index (χ1v) is 8.28. The summed E-state index contributed by atoms with van der Waals surface area (Å²) in [5, 5.41) is 10.0. The minimum Gasteiger partial charge on any atom is -0.493 e. The number of nitrogens with one attached hydrogen (secondary N) is 2. The lowest BCUT2D eigenvalue weighted by molar-refractivity contribution is 0.0389. The molecule has 3 rings (SSSR count). The molecule has 1 saturated heterocycles. The van der Waals surface area contributed by atoms with Crippen LogP contribution in [0.2, 0.25) is 0 Å². The molecule has 8 heteroatoms. The Morgan fingerprint density at radius 1 is 1.32 bits per heavy atom. The molecular formula is C17H23FN4O3. The number of rotatable bonds is 7. The van der Waals surface area contributed by atoms with Crippen LogP contribution < -0.4 is 14.8 Å². The summed E-state index contributed by atoms with van der Waals surface area (Å²) in [6.07, 6.45) is 3.29. The molecule has 25 heavy (non-hydrogen) atoms. The highest BCUT2D eigenvalue weighted by Gasteiger charge is 2.28. The Kier molecular flexibility index (Phi) is 5.50. The summed E-state index contributed by atoms with van der Waals surface area (Å²) in [6.45, 7) is 2.53. The van der Waals surface area contributed by atoms with E-state index in [1.807, 2.05) is 6.92 Å². The zero-order valence-corrected chi connectivity index (χ0v) is 14.6. The molecule has 1 unspecified atom stereocenters. The van der Waals surface area contributed by atoms with Crippen molar-refractivity contribution in [3.63, 3.8) is 0 Å². The number of aromatic amines is 1. The van der Waals surface area contributed by atoms with E-state index in [2.05, 4.69) is 20.5 Å². The maximum atomic E-state index is 14.3. The van der Waals surface area contributed by atoms with Crippen molar-refractivity contribution in [3.8, 4) is 11.5 Å². The molecule has 0 saturated carbocycles. The summed E-state index contributed by atoms with van der Waals surface area (Å²) >= 11 is 0. The zero-order valence-electron chi connectivity index (χ0n) is 14.6. The number of hydrogen-bond acceptors (Lipinski definition) is 6. The standard InChI is InChI=1S/C17H23FN4O3/c1-10(12-6-15(23-2)16(24-3)7-13(12)18)19-8-11-4-5-14(25-11)17-20-9-21-22-17/h6-7,9-11,14,19H,4-5,8H2,1-3H3,(H,20,21,22)/t10?,11-,14+/m1/s1. The second-order valence-electron chi connectivity index (χ2n) is 6.05. The Bertz CT molecular complexity index is 695. The van der Waals surface area contributed by atoms with Crippen molar-refractivity contribution in [3.05, 3.63) is 35.7 Å². The number of methoxy groups -OCH3 is 2.